The molecule has 0 bridgehead atoms. The van der Waals surface area contributed by atoms with Crippen LogP contribution in [0.25, 0.3) is 6.08 Å². The van der Waals surface area contributed by atoms with Crippen molar-refractivity contribution >= 4 is 23.6 Å². The first-order chi connectivity index (χ1) is 9.25. The van der Waals surface area contributed by atoms with Gasteiger partial charge in [-0.1, -0.05) is 30.3 Å². The quantitative estimate of drug-likeness (QED) is 0.624. The van der Waals surface area contributed by atoms with Gasteiger partial charge in [0.2, 0.25) is 5.78 Å². The molecule has 2 aromatic rings. The van der Waals surface area contributed by atoms with Crippen molar-refractivity contribution in [3.8, 4) is 0 Å². The van der Waals surface area contributed by atoms with Gasteiger partial charge in [-0.25, -0.2) is 4.98 Å². The Hall–Kier alpha value is -2.75. The highest BCUT2D eigenvalue weighted by atomic mass is 16.2. The van der Waals surface area contributed by atoms with Crippen LogP contribution in [0, 0.1) is 0 Å². The van der Waals surface area contributed by atoms with Gasteiger partial charge in [-0.05, 0) is 23.8 Å². The zero-order valence-corrected chi connectivity index (χ0v) is 9.96. The number of benzene rings is 1. The van der Waals surface area contributed by atoms with E-state index in [0.29, 0.717) is 11.4 Å². The molecular formula is C15H10N2O2. The molecule has 1 N–H and O–H groups in total. The molecule has 0 saturated heterocycles. The minimum atomic E-state index is -0.417. The molecule has 19 heavy (non-hydrogen) atoms. The molecule has 0 spiro atoms. The van der Waals surface area contributed by atoms with Crippen LogP contribution in [0.1, 0.15) is 15.9 Å². The predicted molar refractivity (Wildman–Crippen MR) is 71.6 cm³/mol. The summed E-state index contributed by atoms with van der Waals surface area (Å²) in [4.78, 5) is 28.2. The molecule has 0 saturated carbocycles. The molecule has 1 aliphatic heterocycles. The summed E-state index contributed by atoms with van der Waals surface area (Å²) in [6.07, 6.45) is 3.13. The SMILES string of the molecule is O=C1Nc2ncccc2C(=O)/C1=C/c1ccccc1. The lowest BCUT2D eigenvalue weighted by molar-refractivity contribution is -0.112. The summed E-state index contributed by atoms with van der Waals surface area (Å²) in [6.45, 7) is 0. The molecule has 3 rings (SSSR count). The zero-order chi connectivity index (χ0) is 13.2. The monoisotopic (exact) mass is 250 g/mol. The highest BCUT2D eigenvalue weighted by Crippen LogP contribution is 2.24. The van der Waals surface area contributed by atoms with Crippen LogP contribution in [-0.4, -0.2) is 16.7 Å². The Kier molecular flexibility index (Phi) is 2.68. The summed E-state index contributed by atoms with van der Waals surface area (Å²) < 4.78 is 0. The van der Waals surface area contributed by atoms with Gasteiger partial charge < -0.3 is 5.32 Å². The van der Waals surface area contributed by atoms with Gasteiger partial charge in [0.05, 0.1) is 11.1 Å². The van der Waals surface area contributed by atoms with E-state index in [0.717, 1.165) is 5.56 Å². The van der Waals surface area contributed by atoms with E-state index in [4.69, 9.17) is 0 Å². The summed E-state index contributed by atoms with van der Waals surface area (Å²) in [5.41, 5.74) is 1.37. The van der Waals surface area contributed by atoms with Crippen molar-refractivity contribution in [1.29, 1.82) is 0 Å². The van der Waals surface area contributed by atoms with Gasteiger partial charge in [0, 0.05) is 6.20 Å². The minimum absolute atomic E-state index is 0.131. The average molecular weight is 250 g/mol. The van der Waals surface area contributed by atoms with E-state index < -0.39 is 5.91 Å². The van der Waals surface area contributed by atoms with E-state index in [2.05, 4.69) is 10.3 Å². The van der Waals surface area contributed by atoms with E-state index >= 15 is 0 Å². The number of amides is 1. The van der Waals surface area contributed by atoms with Crippen molar-refractivity contribution in [3.63, 3.8) is 0 Å². The summed E-state index contributed by atoms with van der Waals surface area (Å²) in [5, 5.41) is 2.62. The van der Waals surface area contributed by atoms with Crippen LogP contribution in [0.4, 0.5) is 5.82 Å². The smallest absolute Gasteiger partial charge is 0.260 e. The first-order valence-corrected chi connectivity index (χ1v) is 5.83. The van der Waals surface area contributed by atoms with Gasteiger partial charge in [0.1, 0.15) is 5.82 Å². The number of nitrogens with one attached hydrogen (secondary N) is 1. The van der Waals surface area contributed by atoms with Crippen molar-refractivity contribution in [2.75, 3.05) is 5.32 Å². The third-order valence-corrected chi connectivity index (χ3v) is 2.88. The second-order valence-electron chi connectivity index (χ2n) is 4.15. The number of aromatic nitrogens is 1. The lowest BCUT2D eigenvalue weighted by atomic mass is 9.97. The van der Waals surface area contributed by atoms with Crippen LogP contribution < -0.4 is 5.32 Å². The van der Waals surface area contributed by atoms with Crippen molar-refractivity contribution in [2.24, 2.45) is 0 Å². The van der Waals surface area contributed by atoms with Gasteiger partial charge >= 0.3 is 0 Å². The van der Waals surface area contributed by atoms with Crippen LogP contribution in [0.5, 0.6) is 0 Å². The van der Waals surface area contributed by atoms with Crippen molar-refractivity contribution in [1.82, 2.24) is 4.98 Å². The van der Waals surface area contributed by atoms with Gasteiger partial charge in [0.15, 0.2) is 0 Å². The van der Waals surface area contributed by atoms with Crippen molar-refractivity contribution < 1.29 is 9.59 Å². The third-order valence-electron chi connectivity index (χ3n) is 2.88. The minimum Gasteiger partial charge on any atom is -0.306 e. The molecule has 0 aliphatic carbocycles. The Morgan fingerprint density at radius 2 is 1.79 bits per heavy atom. The van der Waals surface area contributed by atoms with Gasteiger partial charge in [-0.2, -0.15) is 0 Å². The maximum absolute atomic E-state index is 12.3. The number of carbonyl (C=O) groups excluding carboxylic acids is 2. The fourth-order valence-electron chi connectivity index (χ4n) is 1.96. The van der Waals surface area contributed by atoms with E-state index in [1.807, 2.05) is 30.3 Å². The fraction of sp³-hybridized carbons (Fsp3) is 0. The number of rotatable bonds is 1. The van der Waals surface area contributed by atoms with E-state index in [1.54, 1.807) is 18.2 Å². The predicted octanol–water partition coefficient (Wildman–Crippen LogP) is 2.30. The molecule has 2 heterocycles. The second kappa shape index (κ2) is 4.49. The van der Waals surface area contributed by atoms with Crippen LogP contribution in [-0.2, 0) is 4.79 Å². The van der Waals surface area contributed by atoms with Crippen LogP contribution >= 0.6 is 0 Å². The number of nitrogens with zero attached hydrogens (tertiary/aromatic N) is 1. The van der Waals surface area contributed by atoms with Crippen LogP contribution in [0.15, 0.2) is 54.2 Å². The lowest BCUT2D eigenvalue weighted by Crippen LogP contribution is -2.28. The van der Waals surface area contributed by atoms with Gasteiger partial charge in [0.25, 0.3) is 5.91 Å². The maximum Gasteiger partial charge on any atom is 0.260 e. The van der Waals surface area contributed by atoms with Crippen LogP contribution in [0.3, 0.4) is 0 Å². The largest absolute Gasteiger partial charge is 0.306 e. The lowest BCUT2D eigenvalue weighted by Gasteiger charge is -2.16. The molecule has 92 valence electrons. The molecule has 0 atom stereocenters. The number of Topliss-reactive ketones (excluding diaryl/α,β-unsaturated/α-hetero) is 1. The topological polar surface area (TPSA) is 59.1 Å². The van der Waals surface area contributed by atoms with Gasteiger partial charge in [-0.3, -0.25) is 9.59 Å². The number of anilines is 1. The standard InChI is InChI=1S/C15H10N2O2/c18-13-11-7-4-8-16-14(11)17-15(19)12(13)9-10-5-2-1-3-6-10/h1-9H,(H,16,17,19)/b12-9-. The van der Waals surface area contributed by atoms with Gasteiger partial charge in [-0.15, -0.1) is 0 Å². The number of pyridine rings is 1. The Labute approximate surface area is 109 Å². The number of fused-ring (bicyclic) bond motifs is 1. The van der Waals surface area contributed by atoms with E-state index in [1.165, 1.54) is 6.20 Å². The molecule has 1 aromatic heterocycles. The van der Waals surface area contributed by atoms with E-state index in [9.17, 15) is 9.59 Å². The zero-order valence-electron chi connectivity index (χ0n) is 9.96. The number of hydrogen-bond acceptors (Lipinski definition) is 3. The van der Waals surface area contributed by atoms with E-state index in [-0.39, 0.29) is 11.4 Å². The highest BCUT2D eigenvalue weighted by Gasteiger charge is 2.28. The summed E-state index contributed by atoms with van der Waals surface area (Å²) >= 11 is 0. The summed E-state index contributed by atoms with van der Waals surface area (Å²) in [7, 11) is 0. The Morgan fingerprint density at radius 1 is 1.00 bits per heavy atom. The fourth-order valence-corrected chi connectivity index (χ4v) is 1.96. The molecule has 0 unspecified atom stereocenters. The molecule has 0 fully saturated rings. The number of hydrogen-bond donors (Lipinski definition) is 1. The maximum atomic E-state index is 12.3. The molecule has 1 aromatic carbocycles. The Bertz CT molecular complexity index is 690. The molecule has 0 radical (unpaired) electrons. The average Bonchev–Trinajstić information content (AvgIpc) is 2.45. The summed E-state index contributed by atoms with van der Waals surface area (Å²) in [6, 6.07) is 12.6. The third kappa shape index (κ3) is 2.04. The molecule has 1 amide bonds. The first kappa shape index (κ1) is 11.3. The highest BCUT2D eigenvalue weighted by molar-refractivity contribution is 6.35. The Balaban J connectivity index is 2.07. The first-order valence-electron chi connectivity index (χ1n) is 5.83. The molecule has 4 nitrogen and oxygen atoms in total. The van der Waals surface area contributed by atoms with Crippen molar-refractivity contribution in [2.45, 2.75) is 0 Å². The normalized spacial score (nSPS) is 16.1. The second-order valence-corrected chi connectivity index (χ2v) is 4.15. The number of carbonyl (C=O) groups is 2. The van der Waals surface area contributed by atoms with Crippen LogP contribution in [0.2, 0.25) is 0 Å². The molecule has 4 heteroatoms. The molecular weight excluding hydrogens is 240 g/mol. The molecule has 1 aliphatic rings. The number of ketones is 1. The Morgan fingerprint density at radius 3 is 2.58 bits per heavy atom. The summed E-state index contributed by atoms with van der Waals surface area (Å²) in [5.74, 6) is -0.390. The van der Waals surface area contributed by atoms with Crippen molar-refractivity contribution in [3.05, 3.63) is 65.4 Å².